The van der Waals surface area contributed by atoms with Crippen molar-refractivity contribution < 1.29 is 19.4 Å². The summed E-state index contributed by atoms with van der Waals surface area (Å²) < 4.78 is 10.8. The summed E-state index contributed by atoms with van der Waals surface area (Å²) >= 11 is 0. The molecule has 3 rings (SSSR count). The molecule has 2 fully saturated rings. The lowest BCUT2D eigenvalue weighted by Gasteiger charge is -2.56. The number of aliphatic hydroxyl groups excluding tert-OH is 1. The molecule has 5 heteroatoms. The van der Waals surface area contributed by atoms with E-state index in [-0.39, 0.29) is 23.5 Å². The highest BCUT2D eigenvalue weighted by Crippen LogP contribution is 2.50. The van der Waals surface area contributed by atoms with E-state index in [1.807, 2.05) is 29.2 Å². The molecular formula is C18H25NO4. The van der Waals surface area contributed by atoms with Gasteiger partial charge < -0.3 is 19.5 Å². The summed E-state index contributed by atoms with van der Waals surface area (Å²) in [6.45, 7) is 1.37. The van der Waals surface area contributed by atoms with Gasteiger partial charge in [-0.2, -0.15) is 0 Å². The first-order valence-corrected chi connectivity index (χ1v) is 8.21. The van der Waals surface area contributed by atoms with Crippen molar-refractivity contribution in [3.05, 3.63) is 29.8 Å². The molecule has 1 aromatic rings. The van der Waals surface area contributed by atoms with Gasteiger partial charge in [-0.1, -0.05) is 18.2 Å². The molecule has 0 radical (unpaired) electrons. The van der Waals surface area contributed by atoms with E-state index in [0.717, 1.165) is 24.2 Å². The van der Waals surface area contributed by atoms with Crippen LogP contribution in [-0.4, -0.2) is 55.4 Å². The van der Waals surface area contributed by atoms with Crippen molar-refractivity contribution in [2.24, 2.45) is 5.41 Å². The summed E-state index contributed by atoms with van der Waals surface area (Å²) in [6, 6.07) is 7.63. The normalized spacial score (nSPS) is 26.0. The fraction of sp³-hybridized carbons (Fsp3) is 0.611. The number of piperidine rings is 1. The van der Waals surface area contributed by atoms with Crippen molar-refractivity contribution in [1.82, 2.24) is 4.90 Å². The summed E-state index contributed by atoms with van der Waals surface area (Å²) in [5.74, 6) is 0.871. The van der Waals surface area contributed by atoms with Crippen molar-refractivity contribution in [1.29, 1.82) is 0 Å². The molecule has 1 heterocycles. The second kappa shape index (κ2) is 6.49. The van der Waals surface area contributed by atoms with Gasteiger partial charge in [-0.25, -0.2) is 0 Å². The number of aliphatic hydroxyl groups is 1. The quantitative estimate of drug-likeness (QED) is 0.916. The average molecular weight is 319 g/mol. The molecule has 1 N–H and O–H groups in total. The number of amides is 1. The minimum Gasteiger partial charge on any atom is -0.496 e. The molecule has 5 nitrogen and oxygen atoms in total. The second-order valence-corrected chi connectivity index (χ2v) is 6.58. The molecule has 23 heavy (non-hydrogen) atoms. The van der Waals surface area contributed by atoms with Crippen LogP contribution in [0, 0.1) is 5.41 Å². The van der Waals surface area contributed by atoms with Gasteiger partial charge in [-0.15, -0.1) is 0 Å². The van der Waals surface area contributed by atoms with Crippen molar-refractivity contribution in [2.75, 3.05) is 27.3 Å². The zero-order valence-electron chi connectivity index (χ0n) is 13.8. The summed E-state index contributed by atoms with van der Waals surface area (Å²) in [7, 11) is 3.33. The Labute approximate surface area is 137 Å². The van der Waals surface area contributed by atoms with E-state index in [4.69, 9.17) is 9.47 Å². The molecule has 126 valence electrons. The minimum absolute atomic E-state index is 0.118. The van der Waals surface area contributed by atoms with Gasteiger partial charge in [-0.3, -0.25) is 4.79 Å². The lowest BCUT2D eigenvalue weighted by Crippen LogP contribution is -2.62. The fourth-order valence-corrected chi connectivity index (χ4v) is 4.01. The molecule has 1 saturated carbocycles. The van der Waals surface area contributed by atoms with E-state index in [1.54, 1.807) is 14.2 Å². The predicted molar refractivity (Wildman–Crippen MR) is 86.4 cm³/mol. The first-order chi connectivity index (χ1) is 11.1. The zero-order chi connectivity index (χ0) is 16.4. The van der Waals surface area contributed by atoms with Crippen molar-refractivity contribution >= 4 is 5.91 Å². The number of carbonyl (C=O) groups is 1. The molecule has 0 bridgehead atoms. The summed E-state index contributed by atoms with van der Waals surface area (Å²) in [5.41, 5.74) is 0.773. The van der Waals surface area contributed by atoms with Gasteiger partial charge in [0.15, 0.2) is 0 Å². The average Bonchev–Trinajstić information content (AvgIpc) is 2.60. The van der Waals surface area contributed by atoms with Crippen LogP contribution < -0.4 is 4.74 Å². The van der Waals surface area contributed by atoms with Gasteiger partial charge in [0.1, 0.15) is 5.75 Å². The van der Waals surface area contributed by atoms with Gasteiger partial charge >= 0.3 is 0 Å². The maximum absolute atomic E-state index is 12.6. The van der Waals surface area contributed by atoms with Crippen molar-refractivity contribution in [3.8, 4) is 5.75 Å². The first kappa shape index (κ1) is 16.3. The topological polar surface area (TPSA) is 59.0 Å². The monoisotopic (exact) mass is 319 g/mol. The standard InChI is InChI=1S/C18H25NO4/c1-22-14-6-4-3-5-13(14)11-17(21)19-9-7-18(8-10-19)15(20)12-16(18)23-2/h3-6,15-16,20H,7-12H2,1-2H3/t15-,16+/m1/s1. The Morgan fingerprint density at radius 1 is 1.30 bits per heavy atom. The van der Waals surface area contributed by atoms with Crippen LogP contribution in [0.25, 0.3) is 0 Å². The van der Waals surface area contributed by atoms with E-state index >= 15 is 0 Å². The molecular weight excluding hydrogens is 294 g/mol. The SMILES string of the molecule is COc1ccccc1CC(=O)N1CCC2(CC1)[C@H](O)C[C@@H]2OC. The predicted octanol–water partition coefficient (Wildman–Crippen LogP) is 1.63. The highest BCUT2D eigenvalue weighted by Gasteiger charge is 2.56. The third-order valence-corrected chi connectivity index (χ3v) is 5.61. The Hall–Kier alpha value is -1.59. The molecule has 1 aliphatic carbocycles. The van der Waals surface area contributed by atoms with Gasteiger partial charge in [0, 0.05) is 37.6 Å². The maximum Gasteiger partial charge on any atom is 0.227 e. The Balaban J connectivity index is 1.60. The largest absolute Gasteiger partial charge is 0.496 e. The van der Waals surface area contributed by atoms with Crippen LogP contribution in [0.15, 0.2) is 24.3 Å². The van der Waals surface area contributed by atoms with Gasteiger partial charge in [0.25, 0.3) is 0 Å². The van der Waals surface area contributed by atoms with Crippen LogP contribution in [0.3, 0.4) is 0 Å². The molecule has 1 saturated heterocycles. The van der Waals surface area contributed by atoms with Crippen molar-refractivity contribution in [3.63, 3.8) is 0 Å². The van der Waals surface area contributed by atoms with Crippen LogP contribution in [0.4, 0.5) is 0 Å². The number of carbonyl (C=O) groups excluding carboxylic acids is 1. The fourth-order valence-electron chi connectivity index (χ4n) is 4.01. The number of benzene rings is 1. The first-order valence-electron chi connectivity index (χ1n) is 8.21. The van der Waals surface area contributed by atoms with Crippen LogP contribution in [0.2, 0.25) is 0 Å². The minimum atomic E-state index is -0.293. The Morgan fingerprint density at radius 3 is 2.61 bits per heavy atom. The molecule has 1 aliphatic heterocycles. The Morgan fingerprint density at radius 2 is 2.00 bits per heavy atom. The van der Waals surface area contributed by atoms with E-state index < -0.39 is 0 Å². The smallest absolute Gasteiger partial charge is 0.227 e. The number of likely N-dealkylation sites (tertiary alicyclic amines) is 1. The van der Waals surface area contributed by atoms with Crippen LogP contribution in [-0.2, 0) is 16.0 Å². The lowest BCUT2D eigenvalue weighted by molar-refractivity contribution is -0.202. The van der Waals surface area contributed by atoms with Crippen molar-refractivity contribution in [2.45, 2.75) is 37.9 Å². The number of para-hydroxylation sites is 1. The van der Waals surface area contributed by atoms with Crippen LogP contribution in [0.1, 0.15) is 24.8 Å². The highest BCUT2D eigenvalue weighted by molar-refractivity contribution is 5.79. The third kappa shape index (κ3) is 2.83. The second-order valence-electron chi connectivity index (χ2n) is 6.58. The van der Waals surface area contributed by atoms with Gasteiger partial charge in [0.2, 0.25) is 5.91 Å². The number of nitrogens with zero attached hydrogens (tertiary/aromatic N) is 1. The molecule has 1 spiro atoms. The number of ether oxygens (including phenoxy) is 2. The number of hydrogen-bond acceptors (Lipinski definition) is 4. The maximum atomic E-state index is 12.6. The van der Waals surface area contributed by atoms with Crippen LogP contribution >= 0.6 is 0 Å². The lowest BCUT2D eigenvalue weighted by atomic mass is 9.58. The highest BCUT2D eigenvalue weighted by atomic mass is 16.5. The molecule has 2 aliphatic rings. The summed E-state index contributed by atoms with van der Waals surface area (Å²) in [4.78, 5) is 14.5. The molecule has 2 atom stereocenters. The Kier molecular flexibility index (Phi) is 4.60. The molecule has 1 amide bonds. The number of rotatable bonds is 4. The van der Waals surface area contributed by atoms with E-state index in [0.29, 0.717) is 25.9 Å². The van der Waals surface area contributed by atoms with E-state index in [1.165, 1.54) is 0 Å². The number of methoxy groups -OCH3 is 2. The van der Waals surface area contributed by atoms with E-state index in [9.17, 15) is 9.90 Å². The number of hydrogen-bond donors (Lipinski definition) is 1. The van der Waals surface area contributed by atoms with Gasteiger partial charge in [0.05, 0.1) is 25.7 Å². The third-order valence-electron chi connectivity index (χ3n) is 5.61. The molecule has 0 unspecified atom stereocenters. The van der Waals surface area contributed by atoms with Crippen LogP contribution in [0.5, 0.6) is 5.75 Å². The Bertz CT molecular complexity index is 566. The van der Waals surface area contributed by atoms with E-state index in [2.05, 4.69) is 0 Å². The zero-order valence-corrected chi connectivity index (χ0v) is 13.8. The van der Waals surface area contributed by atoms with Gasteiger partial charge in [-0.05, 0) is 18.9 Å². The summed E-state index contributed by atoms with van der Waals surface area (Å²) in [5, 5.41) is 10.2. The molecule has 1 aromatic carbocycles. The summed E-state index contributed by atoms with van der Waals surface area (Å²) in [6.07, 6.45) is 2.52. The molecule has 0 aromatic heterocycles.